The molecular formula is C117H128F2N8O11. The highest BCUT2D eigenvalue weighted by molar-refractivity contribution is 5.90. The number of carbonyl (C=O) groups excluding carboxylic acids is 7. The minimum atomic E-state index is -0.576. The molecule has 21 heteroatoms. The second-order valence-electron chi connectivity index (χ2n) is 33.0. The summed E-state index contributed by atoms with van der Waals surface area (Å²) < 4.78 is 31.7. The largest absolute Gasteiger partial charge is 0.497 e. The van der Waals surface area contributed by atoms with E-state index in [-0.39, 0.29) is 103 Å². The van der Waals surface area contributed by atoms with Gasteiger partial charge >= 0.3 is 0 Å². The van der Waals surface area contributed by atoms with Crippen LogP contribution >= 0.6 is 0 Å². The molecule has 716 valence electrons. The summed E-state index contributed by atoms with van der Waals surface area (Å²) in [7, 11) is 1.60. The molecule has 3 unspecified atom stereocenters. The Morgan fingerprint density at radius 2 is 0.543 bits per heavy atom. The lowest BCUT2D eigenvalue weighted by molar-refractivity contribution is -0.122. The molecule has 0 amide bonds. The molecular weight excluding hydrogens is 1730 g/mol. The third-order valence-corrected chi connectivity index (χ3v) is 23.5. The molecule has 0 spiro atoms. The predicted octanol–water partition coefficient (Wildman–Crippen LogP) is 18.8. The van der Waals surface area contributed by atoms with Gasteiger partial charge in [-0.2, -0.15) is 0 Å². The molecule has 14 rings (SSSR count). The first kappa shape index (κ1) is 109. The average Bonchev–Trinajstić information content (AvgIpc) is 0.745. The van der Waals surface area contributed by atoms with Gasteiger partial charge < -0.3 is 43.0 Å². The highest BCUT2D eigenvalue weighted by Crippen LogP contribution is 2.28. The fraction of sp³-hybridized carbons (Fsp3) is 0.256. The molecule has 0 aliphatic carbocycles. The Bertz CT molecular complexity index is 5570. The number of hydrogen-bond donors (Lipinski definition) is 7. The van der Waals surface area contributed by atoms with Crippen LogP contribution < -0.4 is 27.7 Å². The molecule has 4 heterocycles. The second-order valence-corrected chi connectivity index (χ2v) is 33.0. The zero-order chi connectivity index (χ0) is 98.7. The number of nitrogens with two attached hydrogens (primary N) is 4. The summed E-state index contributed by atoms with van der Waals surface area (Å²) in [6, 6.07) is 102. The molecule has 4 aromatic heterocycles. The third-order valence-electron chi connectivity index (χ3n) is 23.5. The fourth-order valence-corrected chi connectivity index (χ4v) is 15.4. The van der Waals surface area contributed by atoms with E-state index in [1.165, 1.54) is 29.3 Å². The van der Waals surface area contributed by atoms with Crippen molar-refractivity contribution in [3.63, 3.8) is 0 Å². The average molecular weight is 1860 g/mol. The lowest BCUT2D eigenvalue weighted by Crippen LogP contribution is -2.23. The van der Waals surface area contributed by atoms with Crippen molar-refractivity contribution in [2.75, 3.05) is 53.1 Å². The molecule has 0 saturated carbocycles. The van der Waals surface area contributed by atoms with Crippen LogP contribution in [-0.2, 0) is 78.5 Å². The first-order valence-corrected chi connectivity index (χ1v) is 46.6. The van der Waals surface area contributed by atoms with E-state index >= 15 is 0 Å². The SMILES string of the molecule is COc1ccc(C(CO)C(=O)CCc2ccccc2)cc1.Cc1cccc(C(CO)C(=O)CCc2ccccc2)c1.NCC(C(=O)CCc1ccccc1)c1ccc(F)cc1.NC[C@@H](C(=O)CCc1ccccc1)c1ccncc1.NC[C@H](C(=O)CCc1ccccc1)c1ccncc1.NC[C@H](C(=O)CCc1cccnc1)c1ccccc1F.O=C(CCc1ccccc1)[C@H](CO)c1ccncc1. The maximum Gasteiger partial charge on any atom is 0.142 e. The van der Waals surface area contributed by atoms with Crippen LogP contribution in [0.3, 0.4) is 0 Å². The molecule has 0 fully saturated rings. The number of aryl methyl sites for hydroxylation is 8. The quantitative estimate of drug-likeness (QED) is 0.0187. The number of Topliss-reactive ketones (excluding diaryl/α,β-unsaturated/α-hetero) is 7. The van der Waals surface area contributed by atoms with E-state index in [2.05, 4.69) is 19.9 Å². The van der Waals surface area contributed by atoms with Gasteiger partial charge in [-0.3, -0.25) is 53.5 Å². The molecule has 14 aromatic rings. The number of carbonyl (C=O) groups is 7. The van der Waals surface area contributed by atoms with Gasteiger partial charge in [0.15, 0.2) is 0 Å². The van der Waals surface area contributed by atoms with E-state index < -0.39 is 23.7 Å². The summed E-state index contributed by atoms with van der Waals surface area (Å²) in [5, 5.41) is 28.4. The topological polar surface area (TPSA) is 345 Å². The Morgan fingerprint density at radius 3 is 0.841 bits per heavy atom. The molecule has 0 aliphatic rings. The first-order valence-electron chi connectivity index (χ1n) is 46.6. The van der Waals surface area contributed by atoms with Crippen LogP contribution in [0.1, 0.15) is 170 Å². The third kappa shape index (κ3) is 38.9. The molecule has 7 atom stereocenters. The summed E-state index contributed by atoms with van der Waals surface area (Å²) in [5.41, 5.74) is 37.5. The molecule has 19 nitrogen and oxygen atoms in total. The number of ether oxygens (including phenoxy) is 1. The second kappa shape index (κ2) is 63.2. The number of aliphatic hydroxyl groups excluding tert-OH is 3. The Balaban J connectivity index is 0.000000198. The molecule has 0 saturated heterocycles. The maximum absolute atomic E-state index is 13.7. The van der Waals surface area contributed by atoms with Crippen LogP contribution in [0.25, 0.3) is 0 Å². The number of aromatic nitrogens is 4. The number of hydrogen-bond acceptors (Lipinski definition) is 19. The van der Waals surface area contributed by atoms with Gasteiger partial charge in [0.05, 0.1) is 68.4 Å². The van der Waals surface area contributed by atoms with Crippen LogP contribution in [0.5, 0.6) is 5.75 Å². The number of nitrogens with zero attached hydrogens (tertiary/aromatic N) is 4. The van der Waals surface area contributed by atoms with Crippen LogP contribution in [0.4, 0.5) is 8.78 Å². The number of aliphatic hydroxyl groups is 3. The Labute approximate surface area is 810 Å². The van der Waals surface area contributed by atoms with Crippen molar-refractivity contribution >= 4 is 40.5 Å². The monoisotopic (exact) mass is 1860 g/mol. The highest BCUT2D eigenvalue weighted by Gasteiger charge is 2.26. The molecule has 0 aliphatic heterocycles. The molecule has 0 radical (unpaired) electrons. The lowest BCUT2D eigenvalue weighted by Gasteiger charge is -2.14. The minimum absolute atomic E-state index is 0.0403. The Morgan fingerprint density at radius 1 is 0.275 bits per heavy atom. The van der Waals surface area contributed by atoms with Gasteiger partial charge in [0, 0.05) is 121 Å². The van der Waals surface area contributed by atoms with E-state index in [0.29, 0.717) is 89.3 Å². The maximum atomic E-state index is 13.7. The molecule has 10 aromatic carbocycles. The minimum Gasteiger partial charge on any atom is -0.497 e. The van der Waals surface area contributed by atoms with E-state index in [4.69, 9.17) is 27.7 Å². The Kier molecular flexibility index (Phi) is 50.0. The van der Waals surface area contributed by atoms with Crippen molar-refractivity contribution < 1.29 is 62.4 Å². The molecule has 11 N–H and O–H groups in total. The van der Waals surface area contributed by atoms with Crippen molar-refractivity contribution in [2.24, 2.45) is 22.9 Å². The van der Waals surface area contributed by atoms with Crippen molar-refractivity contribution in [3.8, 4) is 5.75 Å². The van der Waals surface area contributed by atoms with Gasteiger partial charge in [-0.05, 0) is 203 Å². The van der Waals surface area contributed by atoms with Gasteiger partial charge in [-0.1, -0.05) is 260 Å². The fourth-order valence-electron chi connectivity index (χ4n) is 15.4. The van der Waals surface area contributed by atoms with Gasteiger partial charge in [-0.15, -0.1) is 0 Å². The van der Waals surface area contributed by atoms with E-state index in [0.717, 1.165) is 91.8 Å². The number of benzene rings is 10. The van der Waals surface area contributed by atoms with E-state index in [1.807, 2.05) is 274 Å². The number of pyridine rings is 4. The van der Waals surface area contributed by atoms with Crippen LogP contribution in [-0.4, -0.2) is 129 Å². The number of halogens is 2. The Hall–Kier alpha value is -14.1. The smallest absolute Gasteiger partial charge is 0.142 e. The van der Waals surface area contributed by atoms with Crippen molar-refractivity contribution in [2.45, 2.75) is 138 Å². The predicted molar refractivity (Wildman–Crippen MR) is 543 cm³/mol. The summed E-state index contributed by atoms with van der Waals surface area (Å²) >= 11 is 0. The summed E-state index contributed by atoms with van der Waals surface area (Å²) in [6.45, 7) is 2.60. The van der Waals surface area contributed by atoms with Crippen LogP contribution in [0, 0.1) is 18.6 Å². The summed E-state index contributed by atoms with van der Waals surface area (Å²) in [6.07, 6.45) is 21.6. The van der Waals surface area contributed by atoms with Crippen molar-refractivity contribution in [1.29, 1.82) is 0 Å². The van der Waals surface area contributed by atoms with Gasteiger partial charge in [-0.25, -0.2) is 8.78 Å². The van der Waals surface area contributed by atoms with E-state index in [9.17, 15) is 57.7 Å². The highest BCUT2D eigenvalue weighted by atomic mass is 19.1. The van der Waals surface area contributed by atoms with Crippen LogP contribution in [0.15, 0.2) is 377 Å². The summed E-state index contributed by atoms with van der Waals surface area (Å²) in [5.74, 6) is -1.92. The number of rotatable bonds is 43. The number of methoxy groups -OCH3 is 1. The van der Waals surface area contributed by atoms with E-state index in [1.54, 1.807) is 99.1 Å². The van der Waals surface area contributed by atoms with Crippen LogP contribution in [0.2, 0.25) is 0 Å². The summed E-state index contributed by atoms with van der Waals surface area (Å²) in [4.78, 5) is 102. The van der Waals surface area contributed by atoms with Crippen molar-refractivity contribution in [1.82, 2.24) is 19.9 Å². The van der Waals surface area contributed by atoms with Gasteiger partial charge in [0.2, 0.25) is 0 Å². The zero-order valence-electron chi connectivity index (χ0n) is 78.6. The first-order chi connectivity index (χ1) is 67.3. The van der Waals surface area contributed by atoms with Gasteiger partial charge in [0.1, 0.15) is 57.9 Å². The lowest BCUT2D eigenvalue weighted by atomic mass is 9.91. The molecule has 0 bridgehead atoms. The number of ketones is 7. The molecule has 138 heavy (non-hydrogen) atoms. The normalized spacial score (nSPS) is 12.1. The van der Waals surface area contributed by atoms with Crippen molar-refractivity contribution in [3.05, 3.63) is 472 Å². The zero-order valence-corrected chi connectivity index (χ0v) is 78.6. The standard InChI is InChI=1S/C18H20O3.C18H20O2.C17H18FNO.C16H17FN2O.2C16H18N2O.C16H17NO2/c1-21-16-10-8-15(9-11-16)17(13-19)18(20)12-7-14-5-3-2-4-6-14;1-14-6-5-9-16(12-14)17(13-19)18(20)11-10-15-7-3-2-4-8-15;18-15-9-7-14(8-10-15)16(12-19)17(20)11-6-13-4-2-1-3-5-13;17-15-6-2-1-5-13(15)14(10-18)16(20)8-7-12-4-3-9-19-11-12;2*17-12-15(14-8-10-18-11-9-14)16(19)7-6-13-4-2-1-3-5-13;18-12-15(14-8-10-17-11-9-14)16(19)7-6-13-4-2-1-3-5-13/h2-6,8-11,17,19H,7,12-13H2,1H3;2-9,12,17,19H,10-11,13H2,1H3;1-5,7-10,16H,6,11-12,19H2;1-6,9,11,14H,7-8,10,18H2;2*1-5,8-11,15H,6-7,12,17H2;1-5,8-11,15,18H,6-7,12H2/t;;;14-;3*15-/m...0101/s1. The van der Waals surface area contributed by atoms with Gasteiger partial charge in [0.25, 0.3) is 0 Å².